The van der Waals surface area contributed by atoms with Gasteiger partial charge in [0.05, 0.1) is 24.9 Å². The molecule has 1 aliphatic rings. The van der Waals surface area contributed by atoms with Gasteiger partial charge in [-0.15, -0.1) is 0 Å². The van der Waals surface area contributed by atoms with Crippen LogP contribution in [0.4, 0.5) is 0 Å². The molecule has 22 heavy (non-hydrogen) atoms. The number of nitrogens with one attached hydrogen (secondary N) is 1. The van der Waals surface area contributed by atoms with Gasteiger partial charge in [-0.1, -0.05) is 6.08 Å². The Bertz CT molecular complexity index is 635. The summed E-state index contributed by atoms with van der Waals surface area (Å²) in [6.07, 6.45) is 3.73. The van der Waals surface area contributed by atoms with Gasteiger partial charge in [0.15, 0.2) is 0 Å². The van der Waals surface area contributed by atoms with E-state index in [-0.39, 0.29) is 24.4 Å². The zero-order valence-electron chi connectivity index (χ0n) is 12.5. The number of aromatic amines is 1. The number of hydrogen-bond acceptors (Lipinski definition) is 6. The summed E-state index contributed by atoms with van der Waals surface area (Å²) in [6, 6.07) is 0. The normalized spacial score (nSPS) is 25.1. The van der Waals surface area contributed by atoms with Gasteiger partial charge in [-0.25, -0.2) is 4.79 Å². The Labute approximate surface area is 126 Å². The summed E-state index contributed by atoms with van der Waals surface area (Å²) in [5.74, 6) is 0. The fourth-order valence-corrected chi connectivity index (χ4v) is 2.45. The van der Waals surface area contributed by atoms with Crippen molar-refractivity contribution >= 4 is 6.08 Å². The fraction of sp³-hybridized carbons (Fsp3) is 0.571. The molecule has 1 aliphatic heterocycles. The van der Waals surface area contributed by atoms with E-state index >= 15 is 0 Å². The Morgan fingerprint density at radius 3 is 2.91 bits per heavy atom. The van der Waals surface area contributed by atoms with E-state index < -0.39 is 17.5 Å². The Kier molecular flexibility index (Phi) is 5.67. The Hall–Kier alpha value is -1.74. The van der Waals surface area contributed by atoms with Crippen molar-refractivity contribution in [1.82, 2.24) is 9.55 Å². The van der Waals surface area contributed by atoms with Gasteiger partial charge >= 0.3 is 5.69 Å². The number of aliphatic hydroxyl groups excluding tert-OH is 1. The molecule has 2 heterocycles. The second-order valence-electron chi connectivity index (χ2n) is 4.93. The molecule has 0 amide bonds. The Morgan fingerprint density at radius 2 is 2.27 bits per heavy atom. The van der Waals surface area contributed by atoms with Gasteiger partial charge in [-0.2, -0.15) is 0 Å². The summed E-state index contributed by atoms with van der Waals surface area (Å²) in [4.78, 5) is 25.9. The maximum absolute atomic E-state index is 12.0. The summed E-state index contributed by atoms with van der Waals surface area (Å²) in [5.41, 5.74) is -0.800. The van der Waals surface area contributed by atoms with E-state index in [0.29, 0.717) is 13.0 Å². The van der Waals surface area contributed by atoms with Crippen LogP contribution >= 0.6 is 0 Å². The summed E-state index contributed by atoms with van der Waals surface area (Å²) in [5, 5.41) is 8.79. The lowest BCUT2D eigenvalue weighted by molar-refractivity contribution is -0.0618. The van der Waals surface area contributed by atoms with Crippen LogP contribution < -0.4 is 11.2 Å². The molecule has 0 radical (unpaired) electrons. The van der Waals surface area contributed by atoms with Crippen molar-refractivity contribution in [3.63, 3.8) is 0 Å². The van der Waals surface area contributed by atoms with Crippen molar-refractivity contribution in [2.24, 2.45) is 0 Å². The second kappa shape index (κ2) is 7.50. The maximum Gasteiger partial charge on any atom is 0.330 e. The second-order valence-corrected chi connectivity index (χ2v) is 4.93. The standard InChI is InChI=1S/C14H20N2O6/c1-20-8-11-10(21-2)6-12(22-11)16-7-9(4-3-5-17)13(18)15-14(16)19/h3-4,7,10-12,17H,5-6,8H2,1-2H3,(H,15,18,19). The third-order valence-electron chi connectivity index (χ3n) is 3.52. The van der Waals surface area contributed by atoms with Crippen molar-refractivity contribution in [3.05, 3.63) is 38.7 Å². The third-order valence-corrected chi connectivity index (χ3v) is 3.52. The molecular weight excluding hydrogens is 292 g/mol. The first-order valence-corrected chi connectivity index (χ1v) is 6.90. The first-order chi connectivity index (χ1) is 10.6. The van der Waals surface area contributed by atoms with E-state index in [1.165, 1.54) is 22.9 Å². The molecule has 0 saturated carbocycles. The number of nitrogens with zero attached hydrogens (tertiary/aromatic N) is 1. The lowest BCUT2D eigenvalue weighted by Crippen LogP contribution is -2.33. The lowest BCUT2D eigenvalue weighted by Gasteiger charge is -2.16. The van der Waals surface area contributed by atoms with Crippen LogP contribution in [0.15, 0.2) is 21.9 Å². The van der Waals surface area contributed by atoms with Crippen LogP contribution in [0.1, 0.15) is 18.2 Å². The van der Waals surface area contributed by atoms with Crippen molar-refractivity contribution < 1.29 is 19.3 Å². The molecule has 2 N–H and O–H groups in total. The molecule has 1 fully saturated rings. The molecule has 0 aliphatic carbocycles. The first-order valence-electron chi connectivity index (χ1n) is 6.90. The highest BCUT2D eigenvalue weighted by atomic mass is 16.6. The summed E-state index contributed by atoms with van der Waals surface area (Å²) < 4.78 is 17.5. The predicted molar refractivity (Wildman–Crippen MR) is 78.6 cm³/mol. The monoisotopic (exact) mass is 312 g/mol. The molecule has 0 aromatic carbocycles. The molecule has 2 rings (SSSR count). The van der Waals surface area contributed by atoms with Crippen molar-refractivity contribution in [3.8, 4) is 0 Å². The lowest BCUT2D eigenvalue weighted by atomic mass is 10.2. The van der Waals surface area contributed by atoms with Crippen LogP contribution in [0.5, 0.6) is 0 Å². The SMILES string of the molecule is COCC1OC(n2cc(C=CCO)c(=O)[nH]c2=O)CC1OC. The molecule has 8 nitrogen and oxygen atoms in total. The largest absolute Gasteiger partial charge is 0.392 e. The first kappa shape index (κ1) is 16.6. The highest BCUT2D eigenvalue weighted by molar-refractivity contribution is 5.46. The topological polar surface area (TPSA) is 103 Å². The molecular formula is C14H20N2O6. The molecule has 0 spiro atoms. The van der Waals surface area contributed by atoms with Gasteiger partial charge in [-0.3, -0.25) is 14.3 Å². The average molecular weight is 312 g/mol. The smallest absolute Gasteiger partial charge is 0.330 e. The average Bonchev–Trinajstić information content (AvgIpc) is 2.89. The number of aliphatic hydroxyl groups is 1. The van der Waals surface area contributed by atoms with Gasteiger partial charge in [-0.05, 0) is 6.08 Å². The molecule has 1 aromatic rings. The minimum absolute atomic E-state index is 0.194. The van der Waals surface area contributed by atoms with Gasteiger partial charge in [0.1, 0.15) is 12.3 Å². The van der Waals surface area contributed by atoms with Crippen LogP contribution in [-0.4, -0.2) is 54.3 Å². The van der Waals surface area contributed by atoms with Crippen LogP contribution in [0, 0.1) is 0 Å². The minimum Gasteiger partial charge on any atom is -0.392 e. The number of rotatable bonds is 6. The molecule has 8 heteroatoms. The minimum atomic E-state index is -0.552. The van der Waals surface area contributed by atoms with Crippen molar-refractivity contribution in [1.29, 1.82) is 0 Å². The van der Waals surface area contributed by atoms with Gasteiger partial charge in [0, 0.05) is 26.8 Å². The van der Waals surface area contributed by atoms with E-state index in [1.54, 1.807) is 14.2 Å². The van der Waals surface area contributed by atoms with Crippen molar-refractivity contribution in [2.45, 2.75) is 24.9 Å². The van der Waals surface area contributed by atoms with Gasteiger partial charge < -0.3 is 19.3 Å². The molecule has 0 bridgehead atoms. The molecule has 122 valence electrons. The third kappa shape index (κ3) is 3.53. The molecule has 3 unspecified atom stereocenters. The predicted octanol–water partition coefficient (Wildman–Crippen LogP) is -0.509. The zero-order valence-corrected chi connectivity index (χ0v) is 12.5. The number of ether oxygens (including phenoxy) is 3. The van der Waals surface area contributed by atoms with Crippen LogP contribution in [0.25, 0.3) is 6.08 Å². The van der Waals surface area contributed by atoms with E-state index in [4.69, 9.17) is 19.3 Å². The number of aromatic nitrogens is 2. The number of hydrogen-bond donors (Lipinski definition) is 2. The highest BCUT2D eigenvalue weighted by Gasteiger charge is 2.36. The van der Waals surface area contributed by atoms with Crippen LogP contribution in [0.3, 0.4) is 0 Å². The van der Waals surface area contributed by atoms with E-state index in [0.717, 1.165) is 0 Å². The van der Waals surface area contributed by atoms with Gasteiger partial charge in [0.2, 0.25) is 0 Å². The Balaban J connectivity index is 2.31. The van der Waals surface area contributed by atoms with E-state index in [2.05, 4.69) is 4.98 Å². The quantitative estimate of drug-likeness (QED) is 0.733. The zero-order chi connectivity index (χ0) is 16.1. The van der Waals surface area contributed by atoms with Crippen LogP contribution in [0.2, 0.25) is 0 Å². The van der Waals surface area contributed by atoms with Crippen molar-refractivity contribution in [2.75, 3.05) is 27.4 Å². The summed E-state index contributed by atoms with van der Waals surface area (Å²) in [7, 11) is 3.14. The van der Waals surface area contributed by atoms with E-state index in [9.17, 15) is 9.59 Å². The van der Waals surface area contributed by atoms with E-state index in [1.807, 2.05) is 0 Å². The van der Waals surface area contributed by atoms with Gasteiger partial charge in [0.25, 0.3) is 5.56 Å². The van der Waals surface area contributed by atoms with Crippen LogP contribution in [-0.2, 0) is 14.2 Å². The summed E-state index contributed by atoms with van der Waals surface area (Å²) in [6.45, 7) is 0.157. The molecule has 1 saturated heterocycles. The summed E-state index contributed by atoms with van der Waals surface area (Å²) >= 11 is 0. The number of H-pyrrole nitrogens is 1. The maximum atomic E-state index is 12.0. The highest BCUT2D eigenvalue weighted by Crippen LogP contribution is 2.29. The molecule has 3 atom stereocenters. The fourth-order valence-electron chi connectivity index (χ4n) is 2.45. The Morgan fingerprint density at radius 1 is 1.50 bits per heavy atom. The number of methoxy groups -OCH3 is 2. The molecule has 1 aromatic heterocycles.